The normalized spacial score (nSPS) is 14.6. The van der Waals surface area contributed by atoms with Crippen LogP contribution in [-0.2, 0) is 0 Å². The fourth-order valence-electron chi connectivity index (χ4n) is 1.99. The molecule has 98 valence electrons. The number of carbonyl (C=O) groups excluding carboxylic acids is 1. The zero-order valence-electron chi connectivity index (χ0n) is 11.1. The number of carbonyl (C=O) groups is 1. The van der Waals surface area contributed by atoms with Crippen LogP contribution in [0.4, 0.5) is 5.95 Å². The lowest BCUT2D eigenvalue weighted by Crippen LogP contribution is -2.16. The van der Waals surface area contributed by atoms with Crippen molar-refractivity contribution in [1.82, 2.24) is 14.8 Å². The molecule has 3 rings (SSSR count). The average molecular weight is 256 g/mol. The van der Waals surface area contributed by atoms with Crippen molar-refractivity contribution in [3.63, 3.8) is 0 Å². The van der Waals surface area contributed by atoms with Crippen molar-refractivity contribution in [3.8, 4) is 11.4 Å². The Hall–Kier alpha value is -2.17. The first-order valence-electron chi connectivity index (χ1n) is 6.40. The minimum absolute atomic E-state index is 0.0416. The molecule has 5 heteroatoms. The highest BCUT2D eigenvalue weighted by Gasteiger charge is 2.33. The number of aryl methyl sites for hydroxylation is 2. The highest BCUT2D eigenvalue weighted by Crippen LogP contribution is 2.31. The van der Waals surface area contributed by atoms with Crippen LogP contribution in [0.5, 0.6) is 0 Å². The standard InChI is InChI=1S/C14H16N4O/c1-8-3-4-11(7-9(8)2)12-16-14(15)18(17-12)13(19)10-5-6-10/h3-4,7,10H,5-6H2,1-2H3,(H2,15,16,17). The maximum Gasteiger partial charge on any atom is 0.253 e. The zero-order valence-corrected chi connectivity index (χ0v) is 11.1. The summed E-state index contributed by atoms with van der Waals surface area (Å²) in [6.45, 7) is 4.09. The van der Waals surface area contributed by atoms with Crippen molar-refractivity contribution < 1.29 is 4.79 Å². The van der Waals surface area contributed by atoms with Gasteiger partial charge in [-0.2, -0.15) is 9.67 Å². The summed E-state index contributed by atoms with van der Waals surface area (Å²) in [4.78, 5) is 16.2. The second-order valence-electron chi connectivity index (χ2n) is 5.12. The molecule has 1 aliphatic carbocycles. The number of rotatable bonds is 2. The van der Waals surface area contributed by atoms with Crippen LogP contribution in [0, 0.1) is 19.8 Å². The van der Waals surface area contributed by atoms with Gasteiger partial charge in [0.1, 0.15) is 0 Å². The number of hydrogen-bond donors (Lipinski definition) is 1. The van der Waals surface area contributed by atoms with Gasteiger partial charge in [0, 0.05) is 11.5 Å². The molecule has 0 amide bonds. The molecule has 19 heavy (non-hydrogen) atoms. The molecule has 1 aromatic carbocycles. The summed E-state index contributed by atoms with van der Waals surface area (Å²) in [5.74, 6) is 0.719. The van der Waals surface area contributed by atoms with E-state index in [9.17, 15) is 4.79 Å². The number of aromatic nitrogens is 3. The van der Waals surface area contributed by atoms with E-state index in [2.05, 4.69) is 17.0 Å². The summed E-state index contributed by atoms with van der Waals surface area (Å²) >= 11 is 0. The minimum Gasteiger partial charge on any atom is -0.368 e. The van der Waals surface area contributed by atoms with Crippen molar-refractivity contribution in [2.75, 3.05) is 5.73 Å². The highest BCUT2D eigenvalue weighted by atomic mass is 16.2. The Balaban J connectivity index is 1.99. The van der Waals surface area contributed by atoms with Crippen LogP contribution in [0.15, 0.2) is 18.2 Å². The van der Waals surface area contributed by atoms with E-state index in [1.807, 2.05) is 25.1 Å². The Kier molecular flexibility index (Phi) is 2.62. The van der Waals surface area contributed by atoms with Gasteiger partial charge in [-0.15, -0.1) is 5.10 Å². The Morgan fingerprint density at radius 3 is 2.68 bits per heavy atom. The van der Waals surface area contributed by atoms with E-state index in [4.69, 9.17) is 5.73 Å². The number of anilines is 1. The smallest absolute Gasteiger partial charge is 0.253 e. The summed E-state index contributed by atoms with van der Waals surface area (Å²) in [6.07, 6.45) is 1.86. The number of benzene rings is 1. The topological polar surface area (TPSA) is 73.8 Å². The van der Waals surface area contributed by atoms with Crippen molar-refractivity contribution in [3.05, 3.63) is 29.3 Å². The molecule has 1 aliphatic rings. The van der Waals surface area contributed by atoms with E-state index in [1.165, 1.54) is 15.8 Å². The lowest BCUT2D eigenvalue weighted by Gasteiger charge is -2.01. The average Bonchev–Trinajstić information content (AvgIpc) is 3.15. The van der Waals surface area contributed by atoms with Crippen LogP contribution in [0.1, 0.15) is 28.8 Å². The first-order valence-corrected chi connectivity index (χ1v) is 6.40. The molecule has 0 spiro atoms. The molecule has 5 nitrogen and oxygen atoms in total. The second-order valence-corrected chi connectivity index (χ2v) is 5.12. The molecular formula is C14H16N4O. The summed E-state index contributed by atoms with van der Waals surface area (Å²) in [5.41, 5.74) is 9.05. The second kappa shape index (κ2) is 4.19. The third-order valence-electron chi connectivity index (χ3n) is 3.53. The lowest BCUT2D eigenvalue weighted by molar-refractivity contribution is 0.0873. The van der Waals surface area contributed by atoms with Crippen LogP contribution in [0.2, 0.25) is 0 Å². The van der Waals surface area contributed by atoms with Gasteiger partial charge in [-0.1, -0.05) is 12.1 Å². The minimum atomic E-state index is -0.0416. The fourth-order valence-corrected chi connectivity index (χ4v) is 1.99. The van der Waals surface area contributed by atoms with Gasteiger partial charge >= 0.3 is 0 Å². The molecule has 0 atom stereocenters. The SMILES string of the molecule is Cc1ccc(-c2nc(N)n(C(=O)C3CC3)n2)cc1C. The molecule has 0 bridgehead atoms. The molecule has 0 aliphatic heterocycles. The van der Waals surface area contributed by atoms with Crippen LogP contribution in [0.25, 0.3) is 11.4 Å². The Labute approximate surface area is 111 Å². The molecular weight excluding hydrogens is 240 g/mol. The first-order chi connectivity index (χ1) is 9.06. The summed E-state index contributed by atoms with van der Waals surface area (Å²) in [7, 11) is 0. The van der Waals surface area contributed by atoms with E-state index < -0.39 is 0 Å². The van der Waals surface area contributed by atoms with E-state index in [-0.39, 0.29) is 17.8 Å². The third kappa shape index (κ3) is 2.12. The van der Waals surface area contributed by atoms with Gasteiger partial charge in [-0.25, -0.2) is 0 Å². The maximum atomic E-state index is 12.0. The van der Waals surface area contributed by atoms with Crippen LogP contribution < -0.4 is 5.73 Å². The quantitative estimate of drug-likeness (QED) is 0.893. The van der Waals surface area contributed by atoms with Gasteiger partial charge in [0.25, 0.3) is 5.91 Å². The zero-order chi connectivity index (χ0) is 13.6. The summed E-state index contributed by atoms with van der Waals surface area (Å²) in [6, 6.07) is 5.98. The van der Waals surface area contributed by atoms with Gasteiger partial charge in [0.15, 0.2) is 5.82 Å². The van der Waals surface area contributed by atoms with Gasteiger partial charge < -0.3 is 5.73 Å². The van der Waals surface area contributed by atoms with E-state index in [0.717, 1.165) is 18.4 Å². The van der Waals surface area contributed by atoms with Crippen LogP contribution in [-0.4, -0.2) is 20.7 Å². The predicted octanol–water partition coefficient (Wildman–Crippen LogP) is 2.19. The monoisotopic (exact) mass is 256 g/mol. The van der Waals surface area contributed by atoms with Crippen LogP contribution >= 0.6 is 0 Å². The Morgan fingerprint density at radius 2 is 2.05 bits per heavy atom. The van der Waals surface area contributed by atoms with Crippen molar-refractivity contribution in [2.24, 2.45) is 5.92 Å². The van der Waals surface area contributed by atoms with Crippen molar-refractivity contribution in [1.29, 1.82) is 0 Å². The molecule has 2 aromatic rings. The molecule has 0 unspecified atom stereocenters. The van der Waals surface area contributed by atoms with E-state index in [0.29, 0.717) is 5.82 Å². The van der Waals surface area contributed by atoms with Crippen molar-refractivity contribution in [2.45, 2.75) is 26.7 Å². The fraction of sp³-hybridized carbons (Fsp3) is 0.357. The molecule has 1 aromatic heterocycles. The van der Waals surface area contributed by atoms with Crippen LogP contribution in [0.3, 0.4) is 0 Å². The Bertz CT molecular complexity index is 655. The molecule has 1 heterocycles. The summed E-state index contributed by atoms with van der Waals surface area (Å²) in [5, 5.41) is 4.24. The maximum absolute atomic E-state index is 12.0. The van der Waals surface area contributed by atoms with Gasteiger partial charge in [0.2, 0.25) is 5.95 Å². The van der Waals surface area contributed by atoms with E-state index >= 15 is 0 Å². The van der Waals surface area contributed by atoms with Gasteiger partial charge in [0.05, 0.1) is 0 Å². The highest BCUT2D eigenvalue weighted by molar-refractivity contribution is 5.85. The molecule has 1 fully saturated rings. The first kappa shape index (κ1) is 11.9. The predicted molar refractivity (Wildman–Crippen MR) is 72.7 cm³/mol. The van der Waals surface area contributed by atoms with Gasteiger partial charge in [-0.05, 0) is 43.9 Å². The Morgan fingerprint density at radius 1 is 1.32 bits per heavy atom. The molecule has 1 saturated carbocycles. The number of nitrogens with zero attached hydrogens (tertiary/aromatic N) is 3. The van der Waals surface area contributed by atoms with Gasteiger partial charge in [-0.3, -0.25) is 4.79 Å². The number of hydrogen-bond acceptors (Lipinski definition) is 4. The molecule has 2 N–H and O–H groups in total. The van der Waals surface area contributed by atoms with Crippen molar-refractivity contribution >= 4 is 11.9 Å². The van der Waals surface area contributed by atoms with E-state index in [1.54, 1.807) is 0 Å². The third-order valence-corrected chi connectivity index (χ3v) is 3.53. The number of nitrogens with two attached hydrogens (primary N) is 1. The summed E-state index contributed by atoms with van der Waals surface area (Å²) < 4.78 is 1.24. The molecule has 0 radical (unpaired) electrons. The largest absolute Gasteiger partial charge is 0.368 e. The molecule has 0 saturated heterocycles. The number of nitrogen functional groups attached to an aromatic ring is 1. The lowest BCUT2D eigenvalue weighted by atomic mass is 10.1.